The fraction of sp³-hybridized carbons (Fsp3) is 0.250. The van der Waals surface area contributed by atoms with Crippen LogP contribution in [0.15, 0.2) is 48.0 Å². The molecule has 2 rings (SSSR count). The van der Waals surface area contributed by atoms with Crippen molar-refractivity contribution in [2.75, 3.05) is 13.2 Å². The quantitative estimate of drug-likeness (QED) is 0.527. The van der Waals surface area contributed by atoms with E-state index in [0.29, 0.717) is 10.9 Å². The zero-order chi connectivity index (χ0) is 17.5. The largest absolute Gasteiger partial charge is 0.480 e. The number of rotatable bonds is 8. The second kappa shape index (κ2) is 8.02. The van der Waals surface area contributed by atoms with Gasteiger partial charge in [0.2, 0.25) is 5.91 Å². The van der Waals surface area contributed by atoms with Gasteiger partial charge in [-0.05, 0) is 12.1 Å². The van der Waals surface area contributed by atoms with Gasteiger partial charge in [0.05, 0.1) is 30.4 Å². The molecule has 0 fully saturated rings. The third kappa shape index (κ3) is 4.26. The minimum Gasteiger partial charge on any atom is -0.480 e. The Morgan fingerprint density at radius 2 is 2.17 bits per heavy atom. The highest BCUT2D eigenvalue weighted by Crippen LogP contribution is 2.04. The van der Waals surface area contributed by atoms with Crippen LogP contribution in [0.5, 0.6) is 0 Å². The Labute approximate surface area is 137 Å². The van der Waals surface area contributed by atoms with Crippen LogP contribution >= 0.6 is 0 Å². The van der Waals surface area contributed by atoms with E-state index >= 15 is 0 Å². The molecule has 0 aliphatic heterocycles. The molecule has 1 aromatic carbocycles. The number of carboxylic acid groups (broad SMARTS) is 1. The maximum Gasteiger partial charge on any atom is 0.328 e. The monoisotopic (exact) mass is 331 g/mol. The molecule has 1 unspecified atom stereocenters. The summed E-state index contributed by atoms with van der Waals surface area (Å²) in [6, 6.07) is 5.56. The zero-order valence-corrected chi connectivity index (χ0v) is 12.8. The minimum atomic E-state index is -1.23. The fourth-order valence-electron chi connectivity index (χ4n) is 2.06. The van der Waals surface area contributed by atoms with Gasteiger partial charge in [-0.25, -0.2) is 9.78 Å². The molecule has 1 aromatic heterocycles. The summed E-state index contributed by atoms with van der Waals surface area (Å²) in [4.78, 5) is 39.5. The Hall–Kier alpha value is -3.00. The molecule has 0 saturated heterocycles. The topological polar surface area (TPSA) is 111 Å². The number of hydrogen-bond donors (Lipinski definition) is 2. The molecule has 1 amide bonds. The van der Waals surface area contributed by atoms with E-state index in [1.54, 1.807) is 24.3 Å². The van der Waals surface area contributed by atoms with Gasteiger partial charge < -0.3 is 15.2 Å². The van der Waals surface area contributed by atoms with Crippen LogP contribution in [0.3, 0.4) is 0 Å². The van der Waals surface area contributed by atoms with Crippen LogP contribution in [0.4, 0.5) is 0 Å². The number of aromatic nitrogens is 2. The van der Waals surface area contributed by atoms with E-state index in [9.17, 15) is 14.4 Å². The molecule has 24 heavy (non-hydrogen) atoms. The molecule has 0 aliphatic carbocycles. The van der Waals surface area contributed by atoms with Crippen molar-refractivity contribution < 1.29 is 19.4 Å². The van der Waals surface area contributed by atoms with E-state index in [1.165, 1.54) is 12.4 Å². The smallest absolute Gasteiger partial charge is 0.328 e. The Balaban J connectivity index is 2.08. The van der Waals surface area contributed by atoms with Crippen LogP contribution in [0.2, 0.25) is 0 Å². The first-order valence-electron chi connectivity index (χ1n) is 7.18. The Morgan fingerprint density at radius 3 is 2.88 bits per heavy atom. The van der Waals surface area contributed by atoms with Crippen molar-refractivity contribution >= 4 is 22.8 Å². The Kier molecular flexibility index (Phi) is 5.80. The number of carbonyl (C=O) groups excluding carboxylic acids is 1. The number of nitrogens with one attached hydrogen (secondary N) is 1. The van der Waals surface area contributed by atoms with Gasteiger partial charge in [-0.1, -0.05) is 18.2 Å². The number of para-hydroxylation sites is 1. The molecule has 0 radical (unpaired) electrons. The van der Waals surface area contributed by atoms with Crippen LogP contribution in [-0.2, 0) is 20.9 Å². The van der Waals surface area contributed by atoms with Gasteiger partial charge >= 0.3 is 5.97 Å². The maximum absolute atomic E-state index is 12.3. The van der Waals surface area contributed by atoms with Crippen molar-refractivity contribution in [3.05, 3.63) is 53.6 Å². The minimum absolute atomic E-state index is 0.174. The molecule has 8 nitrogen and oxygen atoms in total. The van der Waals surface area contributed by atoms with E-state index in [2.05, 4.69) is 16.9 Å². The number of aliphatic carboxylic acids is 1. The Morgan fingerprint density at radius 1 is 1.42 bits per heavy atom. The molecular formula is C16H17N3O5. The average molecular weight is 331 g/mol. The van der Waals surface area contributed by atoms with Crippen LogP contribution in [0, 0.1) is 0 Å². The van der Waals surface area contributed by atoms with Gasteiger partial charge in [-0.15, -0.1) is 6.58 Å². The molecule has 126 valence electrons. The van der Waals surface area contributed by atoms with Crippen LogP contribution in [0.1, 0.15) is 0 Å². The van der Waals surface area contributed by atoms with E-state index in [-0.39, 0.29) is 25.3 Å². The molecule has 0 saturated carbocycles. The number of amides is 1. The van der Waals surface area contributed by atoms with E-state index < -0.39 is 17.9 Å². The SMILES string of the molecule is C=CCOCC(NC(=O)Cn1cnc2ccccc2c1=O)C(=O)O. The number of hydrogen-bond acceptors (Lipinski definition) is 5. The molecule has 2 N–H and O–H groups in total. The van der Waals surface area contributed by atoms with Gasteiger partial charge in [0.15, 0.2) is 6.04 Å². The number of carboxylic acids is 1. The lowest BCUT2D eigenvalue weighted by Crippen LogP contribution is -2.46. The van der Waals surface area contributed by atoms with Crippen LogP contribution in [-0.4, -0.2) is 45.8 Å². The van der Waals surface area contributed by atoms with E-state index in [1.807, 2.05) is 0 Å². The summed E-state index contributed by atoms with van der Waals surface area (Å²) >= 11 is 0. The summed E-state index contributed by atoms with van der Waals surface area (Å²) < 4.78 is 6.17. The van der Waals surface area contributed by atoms with Crippen LogP contribution in [0.25, 0.3) is 10.9 Å². The van der Waals surface area contributed by atoms with Gasteiger partial charge in [0.1, 0.15) is 6.54 Å². The Bertz CT molecular complexity index is 815. The second-order valence-electron chi connectivity index (χ2n) is 4.98. The number of ether oxygens (including phenoxy) is 1. The lowest BCUT2D eigenvalue weighted by atomic mass is 10.2. The summed E-state index contributed by atoms with van der Waals surface area (Å²) in [6.07, 6.45) is 2.73. The number of carbonyl (C=O) groups is 2. The summed E-state index contributed by atoms with van der Waals surface area (Å²) in [5, 5.41) is 11.8. The van der Waals surface area contributed by atoms with Crippen molar-refractivity contribution in [2.24, 2.45) is 0 Å². The lowest BCUT2D eigenvalue weighted by Gasteiger charge is -2.15. The molecule has 2 aromatic rings. The molecule has 0 spiro atoms. The average Bonchev–Trinajstić information content (AvgIpc) is 2.57. The maximum atomic E-state index is 12.3. The normalized spacial score (nSPS) is 11.8. The van der Waals surface area contributed by atoms with Crippen molar-refractivity contribution in [1.82, 2.24) is 14.9 Å². The van der Waals surface area contributed by atoms with Gasteiger partial charge in [-0.3, -0.25) is 14.2 Å². The first-order valence-corrected chi connectivity index (χ1v) is 7.18. The zero-order valence-electron chi connectivity index (χ0n) is 12.8. The summed E-state index contributed by atoms with van der Waals surface area (Å²) in [7, 11) is 0. The van der Waals surface area contributed by atoms with Crippen molar-refractivity contribution in [2.45, 2.75) is 12.6 Å². The van der Waals surface area contributed by atoms with Crippen molar-refractivity contribution in [3.63, 3.8) is 0 Å². The van der Waals surface area contributed by atoms with E-state index in [0.717, 1.165) is 4.57 Å². The first kappa shape index (κ1) is 17.4. The van der Waals surface area contributed by atoms with Gasteiger partial charge in [0, 0.05) is 0 Å². The van der Waals surface area contributed by atoms with Crippen molar-refractivity contribution in [3.8, 4) is 0 Å². The molecular weight excluding hydrogens is 314 g/mol. The third-order valence-electron chi connectivity index (χ3n) is 3.20. The predicted molar refractivity (Wildman–Crippen MR) is 86.6 cm³/mol. The van der Waals surface area contributed by atoms with E-state index in [4.69, 9.17) is 9.84 Å². The molecule has 8 heteroatoms. The fourth-order valence-corrected chi connectivity index (χ4v) is 2.06. The summed E-state index contributed by atoms with van der Waals surface area (Å²) in [5.74, 6) is -1.85. The highest BCUT2D eigenvalue weighted by atomic mass is 16.5. The summed E-state index contributed by atoms with van der Waals surface area (Å²) in [5.41, 5.74) is 0.158. The molecule has 1 heterocycles. The van der Waals surface area contributed by atoms with Crippen molar-refractivity contribution in [1.29, 1.82) is 0 Å². The molecule has 0 bridgehead atoms. The molecule has 0 aliphatic rings. The summed E-state index contributed by atoms with van der Waals surface area (Å²) in [6.45, 7) is 3.10. The highest BCUT2D eigenvalue weighted by Gasteiger charge is 2.20. The standard InChI is InChI=1S/C16H17N3O5/c1-2-7-24-9-13(16(22)23)18-14(20)8-19-10-17-12-6-4-3-5-11(12)15(19)21/h2-6,10,13H,1,7-9H2,(H,18,20)(H,22,23). The van der Waals surface area contributed by atoms with Gasteiger partial charge in [0.25, 0.3) is 5.56 Å². The number of nitrogens with zero attached hydrogens (tertiary/aromatic N) is 2. The second-order valence-corrected chi connectivity index (χ2v) is 4.98. The van der Waals surface area contributed by atoms with Crippen LogP contribution < -0.4 is 10.9 Å². The number of fused-ring (bicyclic) bond motifs is 1. The lowest BCUT2D eigenvalue weighted by molar-refractivity contribution is -0.143. The first-order chi connectivity index (χ1) is 11.5. The van der Waals surface area contributed by atoms with Gasteiger partial charge in [-0.2, -0.15) is 0 Å². The molecule has 1 atom stereocenters. The highest BCUT2D eigenvalue weighted by molar-refractivity contribution is 5.84. The number of benzene rings is 1. The third-order valence-corrected chi connectivity index (χ3v) is 3.20. The predicted octanol–water partition coefficient (Wildman–Crippen LogP) is 0.168.